The summed E-state index contributed by atoms with van der Waals surface area (Å²) < 4.78 is 0. The molecule has 92 valence electrons. The van der Waals surface area contributed by atoms with Gasteiger partial charge in [0.25, 0.3) is 0 Å². The van der Waals surface area contributed by atoms with Crippen molar-refractivity contribution in [3.8, 4) is 0 Å². The van der Waals surface area contributed by atoms with E-state index < -0.39 is 0 Å². The van der Waals surface area contributed by atoms with Gasteiger partial charge in [-0.05, 0) is 26.7 Å². The Morgan fingerprint density at radius 3 is 2.69 bits per heavy atom. The van der Waals surface area contributed by atoms with Crippen molar-refractivity contribution >= 4 is 0 Å². The summed E-state index contributed by atoms with van der Waals surface area (Å²) in [6.07, 6.45) is 6.98. The van der Waals surface area contributed by atoms with E-state index in [1.165, 1.54) is 44.2 Å². The molecule has 2 rings (SSSR count). The van der Waals surface area contributed by atoms with Crippen LogP contribution in [0.4, 0.5) is 0 Å². The Morgan fingerprint density at radius 1 is 1.38 bits per heavy atom. The molecule has 1 saturated heterocycles. The van der Waals surface area contributed by atoms with E-state index >= 15 is 0 Å². The zero-order valence-electron chi connectivity index (χ0n) is 10.9. The van der Waals surface area contributed by atoms with Crippen LogP contribution >= 0.6 is 0 Å². The summed E-state index contributed by atoms with van der Waals surface area (Å²) in [5, 5.41) is 3.82. The van der Waals surface area contributed by atoms with Gasteiger partial charge in [0.2, 0.25) is 0 Å². The first-order valence-corrected chi connectivity index (χ1v) is 6.75. The summed E-state index contributed by atoms with van der Waals surface area (Å²) in [5.41, 5.74) is 1.72. The maximum absolute atomic E-state index is 4.06. The molecule has 0 aromatic carbocycles. The molecule has 2 aliphatic rings. The van der Waals surface area contributed by atoms with Crippen LogP contribution in [0.15, 0.2) is 12.2 Å². The van der Waals surface area contributed by atoms with Crippen molar-refractivity contribution < 1.29 is 0 Å². The molecule has 1 atom stereocenters. The summed E-state index contributed by atoms with van der Waals surface area (Å²) in [4.78, 5) is 2.62. The van der Waals surface area contributed by atoms with Gasteiger partial charge in [0.1, 0.15) is 0 Å². The highest BCUT2D eigenvalue weighted by Gasteiger charge is 2.38. The summed E-state index contributed by atoms with van der Waals surface area (Å²) in [6, 6.07) is 0.657. The molecule has 0 bridgehead atoms. The minimum absolute atomic E-state index is 0.431. The first-order valence-electron chi connectivity index (χ1n) is 6.75. The smallest absolute Gasteiger partial charge is 0.0309 e. The zero-order valence-corrected chi connectivity index (χ0v) is 10.9. The number of nitrogens with one attached hydrogen (secondary N) is 1. The number of rotatable bonds is 2. The third-order valence-corrected chi connectivity index (χ3v) is 4.19. The van der Waals surface area contributed by atoms with Crippen molar-refractivity contribution in [3.63, 3.8) is 0 Å². The Labute approximate surface area is 100 Å². The molecule has 16 heavy (non-hydrogen) atoms. The number of piperazine rings is 1. The van der Waals surface area contributed by atoms with Crippen LogP contribution in [0.3, 0.4) is 0 Å². The fourth-order valence-electron chi connectivity index (χ4n) is 3.22. The normalized spacial score (nSPS) is 30.5. The lowest BCUT2D eigenvalue weighted by molar-refractivity contribution is 0.0700. The molecule has 1 unspecified atom stereocenters. The van der Waals surface area contributed by atoms with Crippen LogP contribution in [0.25, 0.3) is 0 Å². The fourth-order valence-corrected chi connectivity index (χ4v) is 3.22. The van der Waals surface area contributed by atoms with E-state index in [9.17, 15) is 0 Å². The summed E-state index contributed by atoms with van der Waals surface area (Å²) >= 11 is 0. The lowest BCUT2D eigenvalue weighted by Crippen LogP contribution is -2.64. The number of hydrogen-bond acceptors (Lipinski definition) is 2. The van der Waals surface area contributed by atoms with Crippen molar-refractivity contribution in [3.05, 3.63) is 12.2 Å². The van der Waals surface area contributed by atoms with E-state index in [0.29, 0.717) is 11.6 Å². The largest absolute Gasteiger partial charge is 0.308 e. The van der Waals surface area contributed by atoms with Gasteiger partial charge in [-0.1, -0.05) is 31.4 Å². The molecule has 0 radical (unpaired) electrons. The molecule has 1 aliphatic carbocycles. The predicted molar refractivity (Wildman–Crippen MR) is 69.7 cm³/mol. The van der Waals surface area contributed by atoms with Gasteiger partial charge in [0, 0.05) is 31.2 Å². The molecular formula is C14H26N2. The predicted octanol–water partition coefficient (Wildman–Crippen LogP) is 2.56. The highest BCUT2D eigenvalue weighted by atomic mass is 15.2. The molecular weight excluding hydrogens is 196 g/mol. The molecule has 2 heteroatoms. The Morgan fingerprint density at radius 2 is 2.06 bits per heavy atom. The van der Waals surface area contributed by atoms with Crippen LogP contribution in [0.5, 0.6) is 0 Å². The van der Waals surface area contributed by atoms with E-state index in [-0.39, 0.29) is 0 Å². The lowest BCUT2D eigenvalue weighted by Gasteiger charge is -2.49. The summed E-state index contributed by atoms with van der Waals surface area (Å²) in [5.74, 6) is 0. The molecule has 1 aliphatic heterocycles. The molecule has 2 fully saturated rings. The minimum atomic E-state index is 0.431. The second-order valence-electron chi connectivity index (χ2n) is 5.93. The Hall–Kier alpha value is -0.340. The van der Waals surface area contributed by atoms with Crippen LogP contribution in [-0.4, -0.2) is 36.1 Å². The minimum Gasteiger partial charge on any atom is -0.308 e. The summed E-state index contributed by atoms with van der Waals surface area (Å²) in [7, 11) is 0. The Bertz CT molecular complexity index is 253. The quantitative estimate of drug-likeness (QED) is 0.722. The van der Waals surface area contributed by atoms with Crippen molar-refractivity contribution in [2.24, 2.45) is 0 Å². The molecule has 1 heterocycles. The van der Waals surface area contributed by atoms with Gasteiger partial charge in [-0.25, -0.2) is 0 Å². The van der Waals surface area contributed by atoms with Gasteiger partial charge in [-0.2, -0.15) is 0 Å². The molecule has 1 spiro atoms. The zero-order chi connectivity index (χ0) is 11.6. The molecule has 2 nitrogen and oxygen atoms in total. The van der Waals surface area contributed by atoms with Gasteiger partial charge in [-0.3, -0.25) is 4.90 Å². The van der Waals surface area contributed by atoms with E-state index in [1.807, 2.05) is 0 Å². The van der Waals surface area contributed by atoms with Gasteiger partial charge in [0.05, 0.1) is 0 Å². The molecule has 0 aromatic rings. The summed E-state index contributed by atoms with van der Waals surface area (Å²) in [6.45, 7) is 12.0. The lowest BCUT2D eigenvalue weighted by atomic mass is 9.79. The highest BCUT2D eigenvalue weighted by Crippen LogP contribution is 2.31. The van der Waals surface area contributed by atoms with E-state index in [1.54, 1.807) is 0 Å². The van der Waals surface area contributed by atoms with Crippen LogP contribution < -0.4 is 5.32 Å². The van der Waals surface area contributed by atoms with E-state index in [0.717, 1.165) is 13.1 Å². The van der Waals surface area contributed by atoms with E-state index in [2.05, 4.69) is 30.6 Å². The van der Waals surface area contributed by atoms with Crippen molar-refractivity contribution in [1.29, 1.82) is 0 Å². The van der Waals surface area contributed by atoms with Gasteiger partial charge < -0.3 is 5.32 Å². The maximum Gasteiger partial charge on any atom is 0.0309 e. The Kier molecular flexibility index (Phi) is 3.70. The molecule has 0 amide bonds. The second-order valence-corrected chi connectivity index (χ2v) is 5.93. The first-order chi connectivity index (χ1) is 7.61. The fraction of sp³-hybridized carbons (Fsp3) is 0.857. The third kappa shape index (κ3) is 2.67. The number of hydrogen-bond donors (Lipinski definition) is 1. The van der Waals surface area contributed by atoms with Crippen LogP contribution in [0.1, 0.15) is 46.0 Å². The van der Waals surface area contributed by atoms with Crippen LogP contribution in [0, 0.1) is 0 Å². The monoisotopic (exact) mass is 222 g/mol. The third-order valence-electron chi connectivity index (χ3n) is 4.19. The standard InChI is InChI=1S/C14H26N2/c1-12(2)10-16-11-14(15-9-13(16)3)7-5-4-6-8-14/h13,15H,1,4-11H2,2-3H3. The topological polar surface area (TPSA) is 15.3 Å². The SMILES string of the molecule is C=C(C)CN1CC2(CCCCC2)NCC1C. The number of nitrogens with zero attached hydrogens (tertiary/aromatic N) is 1. The van der Waals surface area contributed by atoms with Crippen molar-refractivity contribution in [2.45, 2.75) is 57.5 Å². The van der Waals surface area contributed by atoms with Crippen LogP contribution in [-0.2, 0) is 0 Å². The van der Waals surface area contributed by atoms with Crippen molar-refractivity contribution in [2.75, 3.05) is 19.6 Å². The molecule has 1 saturated carbocycles. The van der Waals surface area contributed by atoms with Gasteiger partial charge in [0.15, 0.2) is 0 Å². The average molecular weight is 222 g/mol. The average Bonchev–Trinajstić information content (AvgIpc) is 2.24. The van der Waals surface area contributed by atoms with E-state index in [4.69, 9.17) is 0 Å². The van der Waals surface area contributed by atoms with Crippen molar-refractivity contribution in [1.82, 2.24) is 10.2 Å². The second kappa shape index (κ2) is 4.89. The van der Waals surface area contributed by atoms with Gasteiger partial charge >= 0.3 is 0 Å². The highest BCUT2D eigenvalue weighted by molar-refractivity contribution is 5.02. The van der Waals surface area contributed by atoms with Gasteiger partial charge in [-0.15, -0.1) is 0 Å². The van der Waals surface area contributed by atoms with Crippen LogP contribution in [0.2, 0.25) is 0 Å². The maximum atomic E-state index is 4.06. The molecule has 0 aromatic heterocycles. The Balaban J connectivity index is 2.00. The first kappa shape index (κ1) is 12.1. The molecule has 1 N–H and O–H groups in total.